The molecular weight excluding hydrogens is 256 g/mol. The van der Waals surface area contributed by atoms with Crippen LogP contribution in [0.5, 0.6) is 0 Å². The maximum atomic E-state index is 12.8. The molecule has 0 aromatic rings. The number of rotatable bonds is 5. The summed E-state index contributed by atoms with van der Waals surface area (Å²) < 4.78 is 54.3. The van der Waals surface area contributed by atoms with E-state index >= 15 is 0 Å². The fourth-order valence-corrected chi connectivity index (χ4v) is 1.09. The van der Waals surface area contributed by atoms with E-state index in [1.165, 1.54) is 0 Å². The summed E-state index contributed by atoms with van der Waals surface area (Å²) in [5.41, 5.74) is 4.33. The fraction of sp³-hybridized carbons (Fsp3) is 0.900. The SMILES string of the molecule is CC(C)(C)OC(=O)NC(CN)CC(F)(F)C(F)F. The van der Waals surface area contributed by atoms with Crippen molar-refractivity contribution in [3.63, 3.8) is 0 Å². The zero-order valence-corrected chi connectivity index (χ0v) is 10.5. The second-order valence-electron chi connectivity index (χ2n) is 4.84. The third-order valence-electron chi connectivity index (χ3n) is 1.84. The molecule has 3 N–H and O–H groups in total. The minimum absolute atomic E-state index is 0.387. The molecule has 0 rings (SSSR count). The summed E-state index contributed by atoms with van der Waals surface area (Å²) in [5, 5.41) is 2.03. The number of carbonyl (C=O) groups is 1. The number of halogens is 4. The molecule has 8 heteroatoms. The largest absolute Gasteiger partial charge is 0.444 e. The third-order valence-corrected chi connectivity index (χ3v) is 1.84. The highest BCUT2D eigenvalue weighted by Crippen LogP contribution is 2.27. The molecule has 4 nitrogen and oxygen atoms in total. The Kier molecular flexibility index (Phi) is 5.85. The molecule has 0 aliphatic carbocycles. The fourth-order valence-electron chi connectivity index (χ4n) is 1.09. The Balaban J connectivity index is 4.41. The number of ether oxygens (including phenoxy) is 1. The number of hydrogen-bond acceptors (Lipinski definition) is 3. The van der Waals surface area contributed by atoms with Gasteiger partial charge in [-0.05, 0) is 20.8 Å². The maximum absolute atomic E-state index is 12.8. The standard InChI is InChI=1S/C10H18F4N2O2/c1-9(2,3)18-8(17)16-6(5-15)4-10(13,14)7(11)12/h6-7H,4-5,15H2,1-3H3,(H,16,17). The van der Waals surface area contributed by atoms with E-state index < -0.39 is 36.5 Å². The zero-order chi connectivity index (χ0) is 14.6. The van der Waals surface area contributed by atoms with Crippen LogP contribution in [0, 0.1) is 0 Å². The minimum Gasteiger partial charge on any atom is -0.444 e. The third kappa shape index (κ3) is 6.63. The van der Waals surface area contributed by atoms with Gasteiger partial charge in [0.15, 0.2) is 0 Å². The molecule has 0 saturated carbocycles. The van der Waals surface area contributed by atoms with E-state index in [0.29, 0.717) is 0 Å². The van der Waals surface area contributed by atoms with Gasteiger partial charge in [0, 0.05) is 13.0 Å². The maximum Gasteiger partial charge on any atom is 0.407 e. The molecule has 0 aliphatic heterocycles. The van der Waals surface area contributed by atoms with Gasteiger partial charge in [0.1, 0.15) is 5.60 Å². The summed E-state index contributed by atoms with van der Waals surface area (Å²) in [6, 6.07) is -1.27. The Labute approximate surface area is 103 Å². The van der Waals surface area contributed by atoms with E-state index in [1.54, 1.807) is 20.8 Å². The Morgan fingerprint density at radius 1 is 1.33 bits per heavy atom. The van der Waals surface area contributed by atoms with Crippen LogP contribution in [-0.4, -0.2) is 36.6 Å². The number of amides is 1. The van der Waals surface area contributed by atoms with Gasteiger partial charge >= 0.3 is 18.4 Å². The average Bonchev–Trinajstić information content (AvgIpc) is 2.12. The van der Waals surface area contributed by atoms with Crippen LogP contribution in [0.3, 0.4) is 0 Å². The van der Waals surface area contributed by atoms with Crippen LogP contribution >= 0.6 is 0 Å². The van der Waals surface area contributed by atoms with E-state index in [2.05, 4.69) is 0 Å². The van der Waals surface area contributed by atoms with E-state index in [9.17, 15) is 22.4 Å². The van der Waals surface area contributed by atoms with Crippen LogP contribution in [0.15, 0.2) is 0 Å². The van der Waals surface area contributed by atoms with Crippen LogP contribution in [0.1, 0.15) is 27.2 Å². The van der Waals surface area contributed by atoms with Crippen molar-refractivity contribution in [2.45, 2.75) is 51.2 Å². The van der Waals surface area contributed by atoms with Gasteiger partial charge in [-0.3, -0.25) is 0 Å². The summed E-state index contributed by atoms with van der Waals surface area (Å²) in [6.45, 7) is 4.36. The highest BCUT2D eigenvalue weighted by Gasteiger charge is 2.42. The van der Waals surface area contributed by atoms with Crippen molar-refractivity contribution >= 4 is 6.09 Å². The molecule has 0 spiro atoms. The molecule has 0 saturated heterocycles. The van der Waals surface area contributed by atoms with Gasteiger partial charge in [-0.2, -0.15) is 0 Å². The lowest BCUT2D eigenvalue weighted by Crippen LogP contribution is -2.47. The Morgan fingerprint density at radius 3 is 2.17 bits per heavy atom. The molecule has 0 aromatic carbocycles. The Morgan fingerprint density at radius 2 is 1.83 bits per heavy atom. The van der Waals surface area contributed by atoms with Gasteiger partial charge in [0.05, 0.1) is 6.04 Å². The summed E-state index contributed by atoms with van der Waals surface area (Å²) in [5.74, 6) is -4.20. The summed E-state index contributed by atoms with van der Waals surface area (Å²) in [6.07, 6.45) is -6.00. The number of alkyl carbamates (subject to hydrolysis) is 1. The molecule has 1 unspecified atom stereocenters. The van der Waals surface area contributed by atoms with Crippen LogP contribution in [-0.2, 0) is 4.74 Å². The van der Waals surface area contributed by atoms with Gasteiger partial charge < -0.3 is 15.8 Å². The molecule has 1 amide bonds. The molecule has 0 bridgehead atoms. The van der Waals surface area contributed by atoms with Gasteiger partial charge in [0.25, 0.3) is 0 Å². The second-order valence-corrected chi connectivity index (χ2v) is 4.84. The molecule has 0 heterocycles. The first-order valence-electron chi connectivity index (χ1n) is 5.33. The zero-order valence-electron chi connectivity index (χ0n) is 10.5. The number of carbonyl (C=O) groups excluding carboxylic acids is 1. The van der Waals surface area contributed by atoms with Crippen molar-refractivity contribution in [3.8, 4) is 0 Å². The first kappa shape index (κ1) is 16.9. The van der Waals surface area contributed by atoms with Crippen LogP contribution < -0.4 is 11.1 Å². The molecule has 18 heavy (non-hydrogen) atoms. The summed E-state index contributed by atoms with van der Waals surface area (Å²) in [7, 11) is 0. The van der Waals surface area contributed by atoms with Crippen LogP contribution in [0.2, 0.25) is 0 Å². The van der Waals surface area contributed by atoms with Crippen LogP contribution in [0.4, 0.5) is 22.4 Å². The predicted octanol–water partition coefficient (Wildman–Crippen LogP) is 2.13. The van der Waals surface area contributed by atoms with E-state index in [1.807, 2.05) is 5.32 Å². The number of nitrogens with one attached hydrogen (secondary N) is 1. The van der Waals surface area contributed by atoms with Gasteiger partial charge in [-0.15, -0.1) is 0 Å². The van der Waals surface area contributed by atoms with E-state index in [0.717, 1.165) is 0 Å². The van der Waals surface area contributed by atoms with E-state index in [4.69, 9.17) is 10.5 Å². The molecule has 1 atom stereocenters. The smallest absolute Gasteiger partial charge is 0.407 e. The topological polar surface area (TPSA) is 64.3 Å². The van der Waals surface area contributed by atoms with Gasteiger partial charge in [-0.25, -0.2) is 22.4 Å². The second kappa shape index (κ2) is 6.21. The molecular formula is C10H18F4N2O2. The van der Waals surface area contributed by atoms with Crippen molar-refractivity contribution in [3.05, 3.63) is 0 Å². The normalized spacial score (nSPS) is 14.5. The van der Waals surface area contributed by atoms with Gasteiger partial charge in [0.2, 0.25) is 0 Å². The lowest BCUT2D eigenvalue weighted by Gasteiger charge is -2.25. The Bertz CT molecular complexity index is 280. The quantitative estimate of drug-likeness (QED) is 0.755. The summed E-state index contributed by atoms with van der Waals surface area (Å²) in [4.78, 5) is 11.3. The minimum atomic E-state index is -4.20. The first-order valence-corrected chi connectivity index (χ1v) is 5.33. The number of hydrogen-bond donors (Lipinski definition) is 2. The van der Waals surface area contributed by atoms with Gasteiger partial charge in [-0.1, -0.05) is 0 Å². The lowest BCUT2D eigenvalue weighted by molar-refractivity contribution is -0.136. The predicted molar refractivity (Wildman–Crippen MR) is 57.8 cm³/mol. The molecule has 0 radical (unpaired) electrons. The monoisotopic (exact) mass is 274 g/mol. The number of nitrogens with two attached hydrogens (primary N) is 1. The lowest BCUT2D eigenvalue weighted by atomic mass is 10.1. The van der Waals surface area contributed by atoms with E-state index in [-0.39, 0.29) is 6.54 Å². The first-order chi connectivity index (χ1) is 7.98. The number of alkyl halides is 4. The average molecular weight is 274 g/mol. The Hall–Kier alpha value is -1.05. The van der Waals surface area contributed by atoms with Crippen molar-refractivity contribution in [1.82, 2.24) is 5.32 Å². The van der Waals surface area contributed by atoms with Crippen molar-refractivity contribution in [1.29, 1.82) is 0 Å². The molecule has 0 aromatic heterocycles. The van der Waals surface area contributed by atoms with Crippen molar-refractivity contribution in [2.24, 2.45) is 5.73 Å². The van der Waals surface area contributed by atoms with Crippen molar-refractivity contribution in [2.75, 3.05) is 6.54 Å². The highest BCUT2D eigenvalue weighted by atomic mass is 19.3. The highest BCUT2D eigenvalue weighted by molar-refractivity contribution is 5.68. The molecule has 0 aliphatic rings. The molecule has 108 valence electrons. The van der Waals surface area contributed by atoms with Crippen LogP contribution in [0.25, 0.3) is 0 Å². The molecule has 0 fully saturated rings. The summed E-state index contributed by atoms with van der Waals surface area (Å²) >= 11 is 0. The van der Waals surface area contributed by atoms with Crippen molar-refractivity contribution < 1.29 is 27.1 Å².